The molecule has 1 fully saturated rings. The van der Waals surface area contributed by atoms with E-state index in [-0.39, 0.29) is 29.5 Å². The van der Waals surface area contributed by atoms with E-state index < -0.39 is 17.8 Å². The summed E-state index contributed by atoms with van der Waals surface area (Å²) in [5, 5.41) is 12.4. The van der Waals surface area contributed by atoms with Crippen LogP contribution in [0.4, 0.5) is 5.69 Å². The van der Waals surface area contributed by atoms with Crippen LogP contribution in [0.15, 0.2) is 34.7 Å². The molecule has 9 heteroatoms. The largest absolute Gasteiger partial charge is 0.481 e. The predicted octanol–water partition coefficient (Wildman–Crippen LogP) is 3.41. The number of carbonyl (C=O) groups is 3. The van der Waals surface area contributed by atoms with Crippen molar-refractivity contribution in [1.29, 1.82) is 0 Å². The van der Waals surface area contributed by atoms with E-state index in [1.807, 2.05) is 24.3 Å². The molecule has 4 atom stereocenters. The Morgan fingerprint density at radius 1 is 1.28 bits per heavy atom. The van der Waals surface area contributed by atoms with Crippen LogP contribution in [0.25, 0.3) is 10.2 Å². The van der Waals surface area contributed by atoms with Gasteiger partial charge in [0.05, 0.1) is 34.4 Å². The number of carboxylic acids is 1. The van der Waals surface area contributed by atoms with Gasteiger partial charge in [-0.15, -0.1) is 11.3 Å². The van der Waals surface area contributed by atoms with E-state index in [0.29, 0.717) is 12.3 Å². The summed E-state index contributed by atoms with van der Waals surface area (Å²) in [5.74, 6) is -2.53. The van der Waals surface area contributed by atoms with Gasteiger partial charge in [-0.05, 0) is 43.4 Å². The van der Waals surface area contributed by atoms with Gasteiger partial charge in [-0.1, -0.05) is 23.9 Å². The van der Waals surface area contributed by atoms with E-state index in [0.717, 1.165) is 21.0 Å². The van der Waals surface area contributed by atoms with Crippen molar-refractivity contribution >= 4 is 56.8 Å². The molecule has 2 bridgehead atoms. The molecular weight excluding hydrogens is 412 g/mol. The number of aromatic nitrogens is 1. The van der Waals surface area contributed by atoms with E-state index >= 15 is 0 Å². The second kappa shape index (κ2) is 8.16. The van der Waals surface area contributed by atoms with Gasteiger partial charge >= 0.3 is 11.9 Å². The molecule has 0 saturated heterocycles. The van der Waals surface area contributed by atoms with Crippen molar-refractivity contribution in [3.8, 4) is 0 Å². The van der Waals surface area contributed by atoms with Crippen molar-refractivity contribution in [1.82, 2.24) is 4.98 Å². The average molecular weight is 433 g/mol. The van der Waals surface area contributed by atoms with Crippen molar-refractivity contribution in [3.63, 3.8) is 0 Å². The molecule has 2 aliphatic carbocycles. The first-order valence-electron chi connectivity index (χ1n) is 9.37. The van der Waals surface area contributed by atoms with E-state index in [2.05, 4.69) is 10.3 Å². The average Bonchev–Trinajstić information content (AvgIpc) is 3.39. The number of carbonyl (C=O) groups excluding carboxylic acids is 2. The summed E-state index contributed by atoms with van der Waals surface area (Å²) in [4.78, 5) is 40.4. The normalized spacial score (nSPS) is 24.7. The van der Waals surface area contributed by atoms with Gasteiger partial charge in [0, 0.05) is 5.69 Å². The van der Waals surface area contributed by atoms with E-state index in [1.165, 1.54) is 23.1 Å². The highest BCUT2D eigenvalue weighted by atomic mass is 32.2. The molecule has 1 saturated carbocycles. The molecule has 7 nitrogen and oxygen atoms in total. The van der Waals surface area contributed by atoms with Crippen LogP contribution in [0.1, 0.15) is 13.3 Å². The highest BCUT2D eigenvalue weighted by molar-refractivity contribution is 8.01. The van der Waals surface area contributed by atoms with E-state index in [4.69, 9.17) is 4.74 Å². The Balaban J connectivity index is 1.46. The number of thioether (sulfide) groups is 1. The second-order valence-corrected chi connectivity index (χ2v) is 9.34. The number of nitrogens with zero attached hydrogens (tertiary/aromatic N) is 1. The Morgan fingerprint density at radius 3 is 2.76 bits per heavy atom. The van der Waals surface area contributed by atoms with Crippen LogP contribution in [-0.4, -0.2) is 40.3 Å². The fourth-order valence-corrected chi connectivity index (χ4v) is 6.01. The number of fused-ring (bicyclic) bond motifs is 3. The fraction of sp³-hybridized carbons (Fsp3) is 0.400. The summed E-state index contributed by atoms with van der Waals surface area (Å²) < 4.78 is 6.56. The summed E-state index contributed by atoms with van der Waals surface area (Å²) in [5.41, 5.74) is 1.40. The first kappa shape index (κ1) is 19.9. The molecule has 2 aliphatic rings. The van der Waals surface area contributed by atoms with Gasteiger partial charge in [0.2, 0.25) is 5.91 Å². The SMILES string of the molecule is CCOC(=O)CSc1nc2ccc(NC(=O)[C@@H]3[C@@H](C(=O)O)[C@H]4C=C[C@H]3C4)cc2s1. The van der Waals surface area contributed by atoms with Gasteiger partial charge in [0.25, 0.3) is 0 Å². The number of rotatable bonds is 7. The van der Waals surface area contributed by atoms with Gasteiger partial charge in [0.15, 0.2) is 4.34 Å². The van der Waals surface area contributed by atoms with Crippen LogP contribution < -0.4 is 5.32 Å². The van der Waals surface area contributed by atoms with Gasteiger partial charge in [-0.2, -0.15) is 0 Å². The molecular formula is C20H20N2O5S2. The molecule has 1 aromatic heterocycles. The van der Waals surface area contributed by atoms with Crippen LogP contribution in [0, 0.1) is 23.7 Å². The summed E-state index contributed by atoms with van der Waals surface area (Å²) in [7, 11) is 0. The van der Waals surface area contributed by atoms with Crippen molar-refractivity contribution in [2.45, 2.75) is 17.7 Å². The number of hydrogen-bond donors (Lipinski definition) is 2. The smallest absolute Gasteiger partial charge is 0.316 e. The number of nitrogens with one attached hydrogen (secondary N) is 1. The number of allylic oxidation sites excluding steroid dienone is 2. The van der Waals surface area contributed by atoms with Crippen LogP contribution in [0.3, 0.4) is 0 Å². The van der Waals surface area contributed by atoms with Gasteiger partial charge in [-0.3, -0.25) is 14.4 Å². The zero-order valence-corrected chi connectivity index (χ0v) is 17.3. The maximum Gasteiger partial charge on any atom is 0.316 e. The van der Waals surface area contributed by atoms with Crippen molar-refractivity contribution in [2.24, 2.45) is 23.7 Å². The molecule has 0 radical (unpaired) electrons. The Morgan fingerprint density at radius 2 is 2.03 bits per heavy atom. The molecule has 29 heavy (non-hydrogen) atoms. The number of esters is 1. The van der Waals surface area contributed by atoms with Crippen LogP contribution >= 0.6 is 23.1 Å². The number of amides is 1. The summed E-state index contributed by atoms with van der Waals surface area (Å²) in [6.07, 6.45) is 4.61. The molecule has 1 aromatic carbocycles. The fourth-order valence-electron chi connectivity index (χ4n) is 4.11. The van der Waals surface area contributed by atoms with Gasteiger partial charge < -0.3 is 15.2 Å². The number of thiazole rings is 1. The molecule has 2 aromatic rings. The number of anilines is 1. The summed E-state index contributed by atoms with van der Waals surface area (Å²) in [6.45, 7) is 2.12. The molecule has 0 spiro atoms. The molecule has 1 amide bonds. The first-order chi connectivity index (χ1) is 14.0. The van der Waals surface area contributed by atoms with Crippen LogP contribution in [0.5, 0.6) is 0 Å². The lowest BCUT2D eigenvalue weighted by Crippen LogP contribution is -2.36. The van der Waals surface area contributed by atoms with Crippen LogP contribution in [0.2, 0.25) is 0 Å². The number of benzene rings is 1. The summed E-state index contributed by atoms with van der Waals surface area (Å²) in [6, 6.07) is 5.40. The lowest BCUT2D eigenvalue weighted by Gasteiger charge is -2.23. The third-order valence-electron chi connectivity index (χ3n) is 5.30. The molecule has 2 N–H and O–H groups in total. The monoisotopic (exact) mass is 432 g/mol. The van der Waals surface area contributed by atoms with E-state index in [1.54, 1.807) is 13.0 Å². The Labute approximate surface area is 175 Å². The number of carboxylic acid groups (broad SMARTS) is 1. The Kier molecular flexibility index (Phi) is 5.60. The zero-order valence-electron chi connectivity index (χ0n) is 15.7. The van der Waals surface area contributed by atoms with Crippen LogP contribution in [-0.2, 0) is 19.1 Å². The van der Waals surface area contributed by atoms with Crippen molar-refractivity contribution in [3.05, 3.63) is 30.4 Å². The maximum atomic E-state index is 12.8. The van der Waals surface area contributed by atoms with Crippen molar-refractivity contribution in [2.75, 3.05) is 17.7 Å². The topological polar surface area (TPSA) is 106 Å². The number of hydrogen-bond acceptors (Lipinski definition) is 7. The molecule has 152 valence electrons. The molecule has 0 aliphatic heterocycles. The summed E-state index contributed by atoms with van der Waals surface area (Å²) >= 11 is 2.75. The number of ether oxygens (including phenoxy) is 1. The third-order valence-corrected chi connectivity index (χ3v) is 7.44. The van der Waals surface area contributed by atoms with Crippen molar-refractivity contribution < 1.29 is 24.2 Å². The minimum absolute atomic E-state index is 0.0147. The number of aliphatic carboxylic acids is 1. The predicted molar refractivity (Wildman–Crippen MR) is 111 cm³/mol. The first-order valence-corrected chi connectivity index (χ1v) is 11.2. The Bertz CT molecular complexity index is 1000. The van der Waals surface area contributed by atoms with E-state index in [9.17, 15) is 19.5 Å². The highest BCUT2D eigenvalue weighted by Gasteiger charge is 2.51. The minimum Gasteiger partial charge on any atom is -0.481 e. The van der Waals surface area contributed by atoms with Gasteiger partial charge in [0.1, 0.15) is 0 Å². The zero-order chi connectivity index (χ0) is 20.5. The molecule has 4 rings (SSSR count). The quantitative estimate of drug-likeness (QED) is 0.392. The maximum absolute atomic E-state index is 12.8. The highest BCUT2D eigenvalue weighted by Crippen LogP contribution is 2.48. The molecule has 1 heterocycles. The lowest BCUT2D eigenvalue weighted by atomic mass is 9.82. The Hall–Kier alpha value is -2.39. The minimum atomic E-state index is -0.914. The standard InChI is InChI=1S/C20H20N2O5S2/c1-2-27-15(23)9-28-20-22-13-6-5-12(8-14(13)29-20)21-18(24)16-10-3-4-11(7-10)17(16)19(25)26/h3-6,8,10-11,16-17H,2,7,9H2,1H3,(H,21,24)(H,25,26)/t10-,11-,16-,17-/m0/s1. The lowest BCUT2D eigenvalue weighted by molar-refractivity contribution is -0.146. The van der Waals surface area contributed by atoms with Gasteiger partial charge in [-0.25, -0.2) is 4.98 Å². The second-order valence-electron chi connectivity index (χ2n) is 7.08. The molecule has 0 unspecified atom stereocenters. The third kappa shape index (κ3) is 4.02.